The van der Waals surface area contributed by atoms with Crippen LogP contribution in [0.1, 0.15) is 33.3 Å². The van der Waals surface area contributed by atoms with Gasteiger partial charge >= 0.3 is 0 Å². The third-order valence-corrected chi connectivity index (χ3v) is 2.75. The number of non-ortho nitro benzene ring substituents is 1. The molecule has 6 nitrogen and oxygen atoms in total. The minimum absolute atomic E-state index is 0.0675. The van der Waals surface area contributed by atoms with Gasteiger partial charge in [-0.1, -0.05) is 0 Å². The van der Waals surface area contributed by atoms with E-state index in [1.54, 1.807) is 12.1 Å². The zero-order chi connectivity index (χ0) is 15.9. The van der Waals surface area contributed by atoms with Gasteiger partial charge in [-0.05, 0) is 33.8 Å². The third kappa shape index (κ3) is 6.55. The van der Waals surface area contributed by atoms with Crippen LogP contribution in [0, 0.1) is 10.1 Å². The molecule has 0 spiro atoms. The summed E-state index contributed by atoms with van der Waals surface area (Å²) >= 11 is 0. The Morgan fingerprint density at radius 3 is 2.57 bits per heavy atom. The standard InChI is InChI=1S/C15H24N2O4/c1-5-20-8-9-21-14-7-6-13(17(18)19)10-12(14)11-16-15(2,3)4/h6-7,10,16H,5,8-9,11H2,1-4H3. The highest BCUT2D eigenvalue weighted by Crippen LogP contribution is 2.24. The number of hydrogen-bond acceptors (Lipinski definition) is 5. The molecule has 0 aliphatic heterocycles. The number of rotatable bonds is 8. The van der Waals surface area contributed by atoms with E-state index in [-0.39, 0.29) is 11.2 Å². The fourth-order valence-electron chi connectivity index (χ4n) is 1.67. The Morgan fingerprint density at radius 1 is 1.29 bits per heavy atom. The topological polar surface area (TPSA) is 73.6 Å². The summed E-state index contributed by atoms with van der Waals surface area (Å²) < 4.78 is 10.9. The lowest BCUT2D eigenvalue weighted by Crippen LogP contribution is -2.35. The van der Waals surface area contributed by atoms with E-state index in [0.717, 1.165) is 5.56 Å². The average molecular weight is 296 g/mol. The fourth-order valence-corrected chi connectivity index (χ4v) is 1.67. The van der Waals surface area contributed by atoms with E-state index in [2.05, 4.69) is 5.32 Å². The molecule has 0 aromatic heterocycles. The summed E-state index contributed by atoms with van der Waals surface area (Å²) in [6.45, 7) is 10.1. The lowest BCUT2D eigenvalue weighted by atomic mass is 10.1. The van der Waals surface area contributed by atoms with Gasteiger partial charge in [0, 0.05) is 36.4 Å². The maximum absolute atomic E-state index is 10.9. The van der Waals surface area contributed by atoms with Crippen molar-refractivity contribution in [2.24, 2.45) is 0 Å². The van der Waals surface area contributed by atoms with E-state index >= 15 is 0 Å². The van der Waals surface area contributed by atoms with E-state index in [4.69, 9.17) is 9.47 Å². The number of nitrogens with zero attached hydrogens (tertiary/aromatic N) is 1. The third-order valence-electron chi connectivity index (χ3n) is 2.75. The lowest BCUT2D eigenvalue weighted by molar-refractivity contribution is -0.384. The highest BCUT2D eigenvalue weighted by atomic mass is 16.6. The smallest absolute Gasteiger partial charge is 0.270 e. The Morgan fingerprint density at radius 2 is 2.00 bits per heavy atom. The Hall–Kier alpha value is -1.66. The van der Waals surface area contributed by atoms with Crippen molar-refractivity contribution in [3.05, 3.63) is 33.9 Å². The molecular weight excluding hydrogens is 272 g/mol. The van der Waals surface area contributed by atoms with Crippen LogP contribution in [0.3, 0.4) is 0 Å². The maximum Gasteiger partial charge on any atom is 0.270 e. The predicted octanol–water partition coefficient (Wildman–Crippen LogP) is 2.90. The Labute approximate surface area is 125 Å². The van der Waals surface area contributed by atoms with E-state index in [9.17, 15) is 10.1 Å². The average Bonchev–Trinajstić information content (AvgIpc) is 2.41. The van der Waals surface area contributed by atoms with E-state index in [1.165, 1.54) is 6.07 Å². The van der Waals surface area contributed by atoms with Gasteiger partial charge in [0.15, 0.2) is 0 Å². The molecule has 0 radical (unpaired) electrons. The zero-order valence-electron chi connectivity index (χ0n) is 13.1. The van der Waals surface area contributed by atoms with Gasteiger partial charge in [-0.3, -0.25) is 10.1 Å². The van der Waals surface area contributed by atoms with Gasteiger partial charge in [0.2, 0.25) is 0 Å². The predicted molar refractivity (Wildman–Crippen MR) is 81.7 cm³/mol. The monoisotopic (exact) mass is 296 g/mol. The summed E-state index contributed by atoms with van der Waals surface area (Å²) in [5, 5.41) is 14.2. The van der Waals surface area contributed by atoms with Gasteiger partial charge in [0.25, 0.3) is 5.69 Å². The number of nitro benzene ring substituents is 1. The SMILES string of the molecule is CCOCCOc1ccc([N+](=O)[O-])cc1CNC(C)(C)C. The molecule has 1 aromatic rings. The first kappa shape index (κ1) is 17.4. The highest BCUT2D eigenvalue weighted by molar-refractivity contribution is 5.43. The van der Waals surface area contributed by atoms with Crippen molar-refractivity contribution in [2.45, 2.75) is 39.8 Å². The zero-order valence-corrected chi connectivity index (χ0v) is 13.1. The second kappa shape index (κ2) is 7.95. The molecule has 0 saturated heterocycles. The summed E-state index contributed by atoms with van der Waals surface area (Å²) in [4.78, 5) is 10.5. The number of benzene rings is 1. The molecule has 0 unspecified atom stereocenters. The first-order valence-electron chi connectivity index (χ1n) is 7.06. The summed E-state index contributed by atoms with van der Waals surface area (Å²) in [5.74, 6) is 0.650. The van der Waals surface area contributed by atoms with Crippen LogP contribution in [0.2, 0.25) is 0 Å². The van der Waals surface area contributed by atoms with Crippen molar-refractivity contribution in [3.8, 4) is 5.75 Å². The molecule has 1 N–H and O–H groups in total. The van der Waals surface area contributed by atoms with Crippen LogP contribution in [0.15, 0.2) is 18.2 Å². The van der Waals surface area contributed by atoms with Crippen LogP contribution in [0.5, 0.6) is 5.75 Å². The van der Waals surface area contributed by atoms with Crippen molar-refractivity contribution in [1.29, 1.82) is 0 Å². The fraction of sp³-hybridized carbons (Fsp3) is 0.600. The Kier molecular flexibility index (Phi) is 6.58. The molecule has 0 fully saturated rings. The van der Waals surface area contributed by atoms with Crippen LogP contribution < -0.4 is 10.1 Å². The molecule has 1 aromatic carbocycles. The quantitative estimate of drug-likeness (QED) is 0.453. The number of hydrogen-bond donors (Lipinski definition) is 1. The first-order valence-corrected chi connectivity index (χ1v) is 7.06. The summed E-state index contributed by atoms with van der Waals surface area (Å²) in [6, 6.07) is 4.65. The molecule has 6 heteroatoms. The number of nitrogens with one attached hydrogen (secondary N) is 1. The molecule has 0 amide bonds. The van der Waals surface area contributed by atoms with Gasteiger partial charge in [-0.25, -0.2) is 0 Å². The largest absolute Gasteiger partial charge is 0.491 e. The molecule has 0 aliphatic rings. The van der Waals surface area contributed by atoms with Gasteiger partial charge in [-0.2, -0.15) is 0 Å². The van der Waals surface area contributed by atoms with Crippen LogP contribution in [-0.4, -0.2) is 30.3 Å². The minimum atomic E-state index is -0.398. The van der Waals surface area contributed by atoms with Crippen molar-refractivity contribution in [3.63, 3.8) is 0 Å². The van der Waals surface area contributed by atoms with Crippen molar-refractivity contribution in [2.75, 3.05) is 19.8 Å². The van der Waals surface area contributed by atoms with Crippen molar-refractivity contribution in [1.82, 2.24) is 5.32 Å². The van der Waals surface area contributed by atoms with Gasteiger partial charge in [0.1, 0.15) is 12.4 Å². The first-order chi connectivity index (χ1) is 9.83. The Balaban J connectivity index is 2.81. The molecule has 1 rings (SSSR count). The molecule has 0 bridgehead atoms. The summed E-state index contributed by atoms with van der Waals surface area (Å²) in [6.07, 6.45) is 0. The molecule has 0 saturated carbocycles. The van der Waals surface area contributed by atoms with Crippen LogP contribution in [0.25, 0.3) is 0 Å². The summed E-state index contributed by atoms with van der Waals surface area (Å²) in [7, 11) is 0. The van der Waals surface area contributed by atoms with E-state index in [1.807, 2.05) is 27.7 Å². The normalized spacial score (nSPS) is 11.4. The van der Waals surface area contributed by atoms with Gasteiger partial charge in [-0.15, -0.1) is 0 Å². The molecular formula is C15H24N2O4. The van der Waals surface area contributed by atoms with Crippen LogP contribution in [0.4, 0.5) is 5.69 Å². The lowest BCUT2D eigenvalue weighted by Gasteiger charge is -2.21. The summed E-state index contributed by atoms with van der Waals surface area (Å²) in [5.41, 5.74) is 0.765. The molecule has 0 aliphatic carbocycles. The van der Waals surface area contributed by atoms with E-state index in [0.29, 0.717) is 32.1 Å². The minimum Gasteiger partial charge on any atom is -0.491 e. The molecule has 0 atom stereocenters. The molecule has 21 heavy (non-hydrogen) atoms. The van der Waals surface area contributed by atoms with Gasteiger partial charge in [0.05, 0.1) is 11.5 Å². The Bertz CT molecular complexity index is 469. The second-order valence-electron chi connectivity index (χ2n) is 5.70. The van der Waals surface area contributed by atoms with Crippen molar-refractivity contribution >= 4 is 5.69 Å². The van der Waals surface area contributed by atoms with Crippen LogP contribution in [-0.2, 0) is 11.3 Å². The second-order valence-corrected chi connectivity index (χ2v) is 5.70. The maximum atomic E-state index is 10.9. The highest BCUT2D eigenvalue weighted by Gasteiger charge is 2.15. The van der Waals surface area contributed by atoms with Crippen molar-refractivity contribution < 1.29 is 14.4 Å². The number of ether oxygens (including phenoxy) is 2. The van der Waals surface area contributed by atoms with Crippen LogP contribution >= 0.6 is 0 Å². The molecule has 118 valence electrons. The van der Waals surface area contributed by atoms with Gasteiger partial charge < -0.3 is 14.8 Å². The molecule has 0 heterocycles. The number of nitro groups is 1. The van der Waals surface area contributed by atoms with E-state index < -0.39 is 4.92 Å².